The fourth-order valence-electron chi connectivity index (χ4n) is 0.679. The monoisotopic (exact) mass is 196 g/mol. The summed E-state index contributed by atoms with van der Waals surface area (Å²) in [5.74, 6) is 0.173. The zero-order valence-corrected chi connectivity index (χ0v) is 9.81. The number of hydrogen-bond acceptors (Lipinski definition) is 2. The number of ether oxygens (including phenoxy) is 1. The quantitative estimate of drug-likeness (QED) is 0.392. The van der Waals surface area contributed by atoms with Gasteiger partial charge in [0.25, 0.3) is 0 Å². The summed E-state index contributed by atoms with van der Waals surface area (Å²) in [4.78, 5) is 11.4. The Morgan fingerprint density at radius 3 is 2.29 bits per heavy atom. The number of rotatable bonds is 3. The van der Waals surface area contributed by atoms with Gasteiger partial charge in [0.2, 0.25) is 0 Å². The maximum Gasteiger partial charge on any atom is 0.316 e. The van der Waals surface area contributed by atoms with Gasteiger partial charge in [-0.15, -0.1) is 0 Å². The van der Waals surface area contributed by atoms with Gasteiger partial charge in [0.15, 0.2) is 0 Å². The number of carbonyl (C=O) groups is 1. The van der Waals surface area contributed by atoms with Crippen molar-refractivity contribution in [3.05, 3.63) is 24.0 Å². The van der Waals surface area contributed by atoms with Crippen LogP contribution in [-0.2, 0) is 9.53 Å². The van der Waals surface area contributed by atoms with E-state index >= 15 is 0 Å². The van der Waals surface area contributed by atoms with Gasteiger partial charge >= 0.3 is 5.97 Å². The highest BCUT2D eigenvalue weighted by Crippen LogP contribution is 2.17. The van der Waals surface area contributed by atoms with Crippen molar-refractivity contribution in [3.8, 4) is 0 Å². The van der Waals surface area contributed by atoms with Crippen LogP contribution in [0.2, 0.25) is 0 Å². The van der Waals surface area contributed by atoms with Crippen LogP contribution >= 0.6 is 0 Å². The zero-order chi connectivity index (χ0) is 11.4. The van der Waals surface area contributed by atoms with Gasteiger partial charge in [0.1, 0.15) is 5.76 Å². The summed E-state index contributed by atoms with van der Waals surface area (Å²) < 4.78 is 5.08. The largest absolute Gasteiger partial charge is 0.427 e. The van der Waals surface area contributed by atoms with E-state index in [4.69, 9.17) is 4.74 Å². The summed E-state index contributed by atoms with van der Waals surface area (Å²) in [6, 6.07) is 0. The fraction of sp³-hybridized carbons (Fsp3) is 0.583. The highest BCUT2D eigenvalue weighted by atomic mass is 16.5. The first-order valence-electron chi connectivity index (χ1n) is 4.85. The van der Waals surface area contributed by atoms with Crippen molar-refractivity contribution in [2.45, 2.75) is 41.0 Å². The SMILES string of the molecule is C=C(/C=C(\C)CC)OC(=O)C(C)(C)C. The average molecular weight is 196 g/mol. The second-order valence-electron chi connectivity index (χ2n) is 4.45. The van der Waals surface area contributed by atoms with Crippen molar-refractivity contribution in [1.82, 2.24) is 0 Å². The molecule has 0 saturated carbocycles. The molecule has 0 rings (SSSR count). The van der Waals surface area contributed by atoms with Crippen LogP contribution in [0, 0.1) is 5.41 Å². The molecule has 0 aromatic rings. The molecular weight excluding hydrogens is 176 g/mol. The molecular formula is C12H20O2. The van der Waals surface area contributed by atoms with Crippen LogP contribution in [0.15, 0.2) is 24.0 Å². The molecule has 0 aromatic carbocycles. The zero-order valence-electron chi connectivity index (χ0n) is 9.81. The predicted octanol–water partition coefficient (Wildman–Crippen LogP) is 3.45. The van der Waals surface area contributed by atoms with Gasteiger partial charge in [0, 0.05) is 0 Å². The number of carbonyl (C=O) groups excluding carboxylic acids is 1. The van der Waals surface area contributed by atoms with Crippen molar-refractivity contribution in [2.75, 3.05) is 0 Å². The second kappa shape index (κ2) is 4.99. The lowest BCUT2D eigenvalue weighted by Gasteiger charge is -2.16. The Morgan fingerprint density at radius 1 is 1.43 bits per heavy atom. The Labute approximate surface area is 86.6 Å². The molecule has 0 N–H and O–H groups in total. The van der Waals surface area contributed by atoms with Gasteiger partial charge in [0.05, 0.1) is 5.41 Å². The van der Waals surface area contributed by atoms with Crippen molar-refractivity contribution in [2.24, 2.45) is 5.41 Å². The third kappa shape index (κ3) is 4.85. The number of esters is 1. The topological polar surface area (TPSA) is 26.3 Å². The van der Waals surface area contributed by atoms with Gasteiger partial charge in [-0.1, -0.05) is 19.1 Å². The van der Waals surface area contributed by atoms with E-state index < -0.39 is 5.41 Å². The molecule has 14 heavy (non-hydrogen) atoms. The van der Waals surface area contributed by atoms with Crippen LogP contribution in [0.4, 0.5) is 0 Å². The third-order valence-electron chi connectivity index (χ3n) is 1.80. The highest BCUT2D eigenvalue weighted by molar-refractivity contribution is 5.76. The van der Waals surface area contributed by atoms with Crippen LogP contribution in [0.25, 0.3) is 0 Å². The Morgan fingerprint density at radius 2 is 1.93 bits per heavy atom. The smallest absolute Gasteiger partial charge is 0.316 e. The van der Waals surface area contributed by atoms with Crippen molar-refractivity contribution in [1.29, 1.82) is 0 Å². The lowest BCUT2D eigenvalue weighted by atomic mass is 9.97. The highest BCUT2D eigenvalue weighted by Gasteiger charge is 2.23. The minimum Gasteiger partial charge on any atom is -0.427 e. The molecule has 0 saturated heterocycles. The summed E-state index contributed by atoms with van der Waals surface area (Å²) in [5.41, 5.74) is 0.674. The van der Waals surface area contributed by atoms with Gasteiger partial charge in [-0.25, -0.2) is 0 Å². The maximum atomic E-state index is 11.4. The van der Waals surface area contributed by atoms with E-state index in [1.54, 1.807) is 6.08 Å². The Hall–Kier alpha value is -1.05. The molecule has 0 unspecified atom stereocenters. The lowest BCUT2D eigenvalue weighted by molar-refractivity contribution is -0.147. The molecule has 0 fully saturated rings. The molecule has 80 valence electrons. The van der Waals surface area contributed by atoms with Crippen LogP contribution in [0.3, 0.4) is 0 Å². The molecule has 2 heteroatoms. The fourth-order valence-corrected chi connectivity index (χ4v) is 0.679. The Kier molecular flexibility index (Phi) is 4.61. The van der Waals surface area contributed by atoms with E-state index in [1.165, 1.54) is 0 Å². The summed E-state index contributed by atoms with van der Waals surface area (Å²) in [6.45, 7) is 13.2. The first kappa shape index (κ1) is 12.9. The summed E-state index contributed by atoms with van der Waals surface area (Å²) >= 11 is 0. The minimum atomic E-state index is -0.475. The normalized spacial score (nSPS) is 12.5. The molecule has 0 amide bonds. The van der Waals surface area contributed by atoms with Crippen LogP contribution in [0.5, 0.6) is 0 Å². The summed E-state index contributed by atoms with van der Waals surface area (Å²) in [7, 11) is 0. The van der Waals surface area contributed by atoms with Crippen LogP contribution < -0.4 is 0 Å². The van der Waals surface area contributed by atoms with Crippen molar-refractivity contribution >= 4 is 5.97 Å². The van der Waals surface area contributed by atoms with Gasteiger partial charge in [-0.05, 0) is 40.2 Å². The van der Waals surface area contributed by atoms with Crippen LogP contribution in [-0.4, -0.2) is 5.97 Å². The molecule has 0 atom stereocenters. The van der Waals surface area contributed by atoms with E-state index in [1.807, 2.05) is 34.6 Å². The van der Waals surface area contributed by atoms with E-state index in [0.29, 0.717) is 5.76 Å². The first-order chi connectivity index (χ1) is 6.27. The molecule has 0 bridgehead atoms. The predicted molar refractivity (Wildman–Crippen MR) is 58.7 cm³/mol. The molecule has 2 nitrogen and oxygen atoms in total. The molecule has 0 aliphatic carbocycles. The Bertz CT molecular complexity index is 254. The minimum absolute atomic E-state index is 0.248. The molecule has 0 aromatic heterocycles. The van der Waals surface area contributed by atoms with Gasteiger partial charge in [-0.2, -0.15) is 0 Å². The summed E-state index contributed by atoms with van der Waals surface area (Å²) in [5, 5.41) is 0. The molecule has 0 heterocycles. The van der Waals surface area contributed by atoms with Gasteiger partial charge in [-0.3, -0.25) is 4.79 Å². The van der Waals surface area contributed by atoms with E-state index in [0.717, 1.165) is 12.0 Å². The molecule has 0 radical (unpaired) electrons. The number of hydrogen-bond donors (Lipinski definition) is 0. The Balaban J connectivity index is 4.29. The van der Waals surface area contributed by atoms with Crippen molar-refractivity contribution < 1.29 is 9.53 Å². The third-order valence-corrected chi connectivity index (χ3v) is 1.80. The van der Waals surface area contributed by atoms with E-state index in [9.17, 15) is 4.79 Å². The second-order valence-corrected chi connectivity index (χ2v) is 4.45. The van der Waals surface area contributed by atoms with Crippen LogP contribution in [0.1, 0.15) is 41.0 Å². The average Bonchev–Trinajstić information content (AvgIpc) is 2.02. The van der Waals surface area contributed by atoms with E-state index in [-0.39, 0.29) is 5.97 Å². The maximum absolute atomic E-state index is 11.4. The lowest BCUT2D eigenvalue weighted by Crippen LogP contribution is -2.22. The van der Waals surface area contributed by atoms with E-state index in [2.05, 4.69) is 6.58 Å². The number of allylic oxidation sites excluding steroid dienone is 2. The van der Waals surface area contributed by atoms with Gasteiger partial charge < -0.3 is 4.74 Å². The molecule has 0 aliphatic rings. The van der Waals surface area contributed by atoms with Crippen molar-refractivity contribution in [3.63, 3.8) is 0 Å². The summed E-state index contributed by atoms with van der Waals surface area (Å²) in [6.07, 6.45) is 2.73. The molecule has 0 spiro atoms. The first-order valence-corrected chi connectivity index (χ1v) is 4.85. The molecule has 0 aliphatic heterocycles. The standard InChI is InChI=1S/C12H20O2/c1-7-9(2)8-10(3)14-11(13)12(4,5)6/h8H,3,7H2,1-2,4-6H3/b9-8+.